The summed E-state index contributed by atoms with van der Waals surface area (Å²) in [6.45, 7) is 13.4. The predicted octanol–water partition coefficient (Wildman–Crippen LogP) is 5.73. The Morgan fingerprint density at radius 1 is 0.705 bits per heavy atom. The molecule has 61 heavy (non-hydrogen) atoms. The summed E-state index contributed by atoms with van der Waals surface area (Å²) in [6, 6.07) is 14.1. The van der Waals surface area contributed by atoms with Crippen molar-refractivity contribution in [1.82, 2.24) is 40.3 Å². The summed E-state index contributed by atoms with van der Waals surface area (Å²) in [5.74, 6) is 1.89. The number of hydrogen-bond donors (Lipinski definition) is 3. The van der Waals surface area contributed by atoms with Crippen LogP contribution in [0.25, 0.3) is 23.2 Å². The maximum Gasteiger partial charge on any atom is 0.271 e. The molecule has 0 fully saturated rings. The number of carbonyl (C=O) groups excluding carboxylic acids is 1. The number of sulfone groups is 1. The number of ether oxygens (including phenoxy) is 4. The lowest BCUT2D eigenvalue weighted by Gasteiger charge is -2.23. The van der Waals surface area contributed by atoms with Gasteiger partial charge < -0.3 is 18.9 Å². The van der Waals surface area contributed by atoms with Crippen LogP contribution in [-0.4, -0.2) is 85.4 Å². The molecule has 19 heteroatoms. The van der Waals surface area contributed by atoms with Crippen LogP contribution in [0.2, 0.25) is 0 Å². The van der Waals surface area contributed by atoms with Crippen molar-refractivity contribution in [1.29, 1.82) is 0 Å². The van der Waals surface area contributed by atoms with Crippen molar-refractivity contribution in [2.24, 2.45) is 0 Å². The first-order chi connectivity index (χ1) is 28.6. The molecule has 0 radical (unpaired) electrons. The number of aryl methyl sites for hydroxylation is 2. The number of nitrogens with one attached hydrogen (secondary N) is 3. The van der Waals surface area contributed by atoms with E-state index in [1.165, 1.54) is 26.5 Å². The largest absolute Gasteiger partial charge is 0.496 e. The van der Waals surface area contributed by atoms with Crippen molar-refractivity contribution in [2.75, 3.05) is 28.4 Å². The van der Waals surface area contributed by atoms with Gasteiger partial charge in [0.2, 0.25) is 10.0 Å². The van der Waals surface area contributed by atoms with Crippen molar-refractivity contribution in [3.8, 4) is 40.1 Å². The van der Waals surface area contributed by atoms with Gasteiger partial charge in [0.15, 0.2) is 21.5 Å². The lowest BCUT2D eigenvalue weighted by molar-refractivity contribution is 0.0937. The number of hydrazine groups is 1. The third kappa shape index (κ3) is 11.5. The van der Waals surface area contributed by atoms with Crippen molar-refractivity contribution in [3.63, 3.8) is 0 Å². The average molecular weight is 879 g/mol. The molecule has 5 aromatic rings. The number of carbonyl (C=O) groups is 1. The van der Waals surface area contributed by atoms with Crippen LogP contribution in [0.4, 0.5) is 0 Å². The van der Waals surface area contributed by atoms with Gasteiger partial charge >= 0.3 is 0 Å². The maximum atomic E-state index is 13.0. The number of aromatic nitrogens is 5. The van der Waals surface area contributed by atoms with Gasteiger partial charge in [-0.25, -0.2) is 16.8 Å². The lowest BCUT2D eigenvalue weighted by atomic mass is 10.1. The minimum absolute atomic E-state index is 0.00619. The van der Waals surface area contributed by atoms with Gasteiger partial charge in [0.1, 0.15) is 40.3 Å². The molecular formula is C42H54N8O9S2. The van der Waals surface area contributed by atoms with E-state index in [2.05, 4.69) is 35.7 Å². The second kappa shape index (κ2) is 19.4. The number of hydrogen-bond acceptors (Lipinski definition) is 14. The number of rotatable bonds is 14. The zero-order chi connectivity index (χ0) is 45.3. The zero-order valence-electron chi connectivity index (χ0n) is 36.4. The molecule has 0 saturated heterocycles. The van der Waals surface area contributed by atoms with Gasteiger partial charge in [-0.1, -0.05) is 12.1 Å². The van der Waals surface area contributed by atoms with Crippen molar-refractivity contribution in [3.05, 3.63) is 107 Å². The van der Waals surface area contributed by atoms with E-state index in [4.69, 9.17) is 18.9 Å². The summed E-state index contributed by atoms with van der Waals surface area (Å²) < 4.78 is 75.4. The number of pyridine rings is 2. The van der Waals surface area contributed by atoms with Crippen LogP contribution < -0.4 is 34.5 Å². The summed E-state index contributed by atoms with van der Waals surface area (Å²) >= 11 is 0. The second-order valence-electron chi connectivity index (χ2n) is 15.6. The highest BCUT2D eigenvalue weighted by Gasteiger charge is 2.33. The third-order valence-electron chi connectivity index (χ3n) is 8.99. The van der Waals surface area contributed by atoms with Gasteiger partial charge in [0.25, 0.3) is 5.91 Å². The van der Waals surface area contributed by atoms with Crippen LogP contribution in [0.15, 0.2) is 79.1 Å². The van der Waals surface area contributed by atoms with E-state index in [0.717, 1.165) is 11.1 Å². The van der Waals surface area contributed by atoms with Gasteiger partial charge in [-0.3, -0.25) is 34.9 Å². The highest BCUT2D eigenvalue weighted by molar-refractivity contribution is 7.92. The van der Waals surface area contributed by atoms with E-state index < -0.39 is 35.3 Å². The highest BCUT2D eigenvalue weighted by atomic mass is 32.2. The summed E-state index contributed by atoms with van der Waals surface area (Å²) in [6.07, 6.45) is 7.92. The molecule has 0 aliphatic carbocycles. The Labute approximate surface area is 357 Å². The molecule has 1 amide bonds. The monoisotopic (exact) mass is 878 g/mol. The Morgan fingerprint density at radius 2 is 1.23 bits per heavy atom. The fourth-order valence-electron chi connectivity index (χ4n) is 5.38. The third-order valence-corrected chi connectivity index (χ3v) is 13.6. The van der Waals surface area contributed by atoms with Gasteiger partial charge in [-0.2, -0.15) is 0 Å². The molecule has 3 N–H and O–H groups in total. The zero-order valence-corrected chi connectivity index (χ0v) is 38.1. The molecule has 17 nitrogen and oxygen atoms in total. The molecule has 0 aliphatic heterocycles. The summed E-state index contributed by atoms with van der Waals surface area (Å²) in [5, 5.41) is 8.56. The molecule has 3 aromatic heterocycles. The average Bonchev–Trinajstić information content (AvgIpc) is 3.60. The maximum absolute atomic E-state index is 13.0. The van der Waals surface area contributed by atoms with Crippen LogP contribution >= 0.6 is 0 Å². The van der Waals surface area contributed by atoms with E-state index in [0.29, 0.717) is 51.2 Å². The molecule has 2 aromatic carbocycles. The van der Waals surface area contributed by atoms with Gasteiger partial charge in [0, 0.05) is 30.4 Å². The van der Waals surface area contributed by atoms with Crippen molar-refractivity contribution in [2.45, 2.75) is 70.6 Å². The lowest BCUT2D eigenvalue weighted by Crippen LogP contribution is -2.46. The van der Waals surface area contributed by atoms with Gasteiger partial charge in [-0.05, 0) is 109 Å². The predicted molar refractivity (Wildman–Crippen MR) is 234 cm³/mol. The smallest absolute Gasteiger partial charge is 0.271 e. The molecule has 0 aliphatic rings. The number of nitrogens with zero attached hydrogens (tertiary/aromatic N) is 5. The molecule has 0 atom stereocenters. The Hall–Kier alpha value is -6.21. The molecule has 3 heterocycles. The molecule has 0 bridgehead atoms. The SMILES string of the molecule is COc1cccc(OC)c1-n1c(CS(=O)(=O)C(C)(C)C)nnc1-c1cncc(C)c1.COc1cccc(OC)c1/C=C(/NNC(=O)c1cncc(C)c1)NS(=O)(=O)C(C)(C)C. The number of benzene rings is 2. The number of methoxy groups -OCH3 is 4. The van der Waals surface area contributed by atoms with Crippen LogP contribution in [0.1, 0.15) is 74.4 Å². The van der Waals surface area contributed by atoms with E-state index in [-0.39, 0.29) is 17.4 Å². The summed E-state index contributed by atoms with van der Waals surface area (Å²) in [4.78, 5) is 20.7. The molecule has 0 spiro atoms. The van der Waals surface area contributed by atoms with Crippen LogP contribution in [0.3, 0.4) is 0 Å². The van der Waals surface area contributed by atoms with Gasteiger partial charge in [0.05, 0.1) is 49.1 Å². The quantitative estimate of drug-likeness (QED) is 0.114. The summed E-state index contributed by atoms with van der Waals surface area (Å²) in [7, 11) is -1.25. The topological polar surface area (TPSA) is 215 Å². The Morgan fingerprint density at radius 3 is 1.72 bits per heavy atom. The Balaban J connectivity index is 0.000000269. The summed E-state index contributed by atoms with van der Waals surface area (Å²) in [5.41, 5.74) is 8.94. The molecule has 328 valence electrons. The Bertz CT molecular complexity index is 2550. The van der Waals surface area contributed by atoms with Crippen LogP contribution in [0.5, 0.6) is 23.0 Å². The van der Waals surface area contributed by atoms with Crippen molar-refractivity contribution < 1.29 is 40.6 Å². The van der Waals surface area contributed by atoms with Crippen LogP contribution in [0, 0.1) is 13.8 Å². The molecule has 5 rings (SSSR count). The van der Waals surface area contributed by atoms with Gasteiger partial charge in [-0.15, -0.1) is 10.2 Å². The molecule has 0 saturated carbocycles. The molecule has 0 unspecified atom stereocenters. The fraction of sp³-hybridized carbons (Fsp3) is 0.357. The number of sulfonamides is 1. The van der Waals surface area contributed by atoms with E-state index >= 15 is 0 Å². The first kappa shape index (κ1) is 47.5. The first-order valence-electron chi connectivity index (χ1n) is 18.8. The first-order valence-corrected chi connectivity index (χ1v) is 21.9. The van der Waals surface area contributed by atoms with E-state index in [1.54, 1.807) is 121 Å². The minimum Gasteiger partial charge on any atom is -0.496 e. The highest BCUT2D eigenvalue weighted by Crippen LogP contribution is 2.37. The standard InChI is InChI=1S/C21H28N4O5S.C21H26N4O4S/c1-14-10-15(13-22-12-14)20(26)24-23-19(25-31(27,28)21(2,3)4)11-16-17(29-5)8-7-9-18(16)30-6;1-14-10-15(12-22-11-14)20-24-23-18(13-30(26,27)21(2,3)4)25(20)19-16(28-5)8-7-9-17(19)29-6/h7-13,23,25H,1-6H3,(H,24,26);7-12H,13H2,1-6H3/b19-11-;. The number of amides is 1. The Kier molecular flexibility index (Phi) is 15.1. The van der Waals surface area contributed by atoms with E-state index in [9.17, 15) is 21.6 Å². The van der Waals surface area contributed by atoms with Crippen molar-refractivity contribution >= 4 is 31.8 Å². The second-order valence-corrected chi connectivity index (χ2v) is 20.8. The molecular weight excluding hydrogens is 825 g/mol. The van der Waals surface area contributed by atoms with E-state index in [1.807, 2.05) is 19.9 Å². The normalized spacial score (nSPS) is 12.1. The minimum atomic E-state index is -3.80. The van der Waals surface area contributed by atoms with Crippen LogP contribution in [-0.2, 0) is 25.6 Å². The fourth-order valence-corrected chi connectivity index (χ4v) is 7.04. The number of para-hydroxylation sites is 1.